The second-order valence-electron chi connectivity index (χ2n) is 6.61. The van der Waals surface area contributed by atoms with Gasteiger partial charge in [-0.25, -0.2) is 0 Å². The summed E-state index contributed by atoms with van der Waals surface area (Å²) in [7, 11) is 3.07. The van der Waals surface area contributed by atoms with Crippen LogP contribution in [0.5, 0.6) is 17.2 Å². The van der Waals surface area contributed by atoms with Crippen molar-refractivity contribution in [3.8, 4) is 17.2 Å². The molecule has 0 saturated carbocycles. The normalized spacial score (nSPS) is 10.7. The Bertz CT molecular complexity index is 842. The lowest BCUT2D eigenvalue weighted by atomic mass is 10.1. The van der Waals surface area contributed by atoms with Crippen LogP contribution in [0.25, 0.3) is 0 Å². The van der Waals surface area contributed by atoms with Crippen LogP contribution >= 0.6 is 23.2 Å². The molecule has 2 aromatic rings. The standard InChI is InChI=1S/C21H25Cl2NO5/c1-13(2)12-29-20-16(23)10-14(11-18(20)27-4)21(25)24-17-7-5-6-15(22)19(17)28-9-8-26-3/h5-7,10-11,13H,8-9,12H2,1-4H3,(H,24,25). The first-order chi connectivity index (χ1) is 13.9. The molecule has 0 atom stereocenters. The van der Waals surface area contributed by atoms with Crippen LogP contribution in [0.2, 0.25) is 10.0 Å². The van der Waals surface area contributed by atoms with Gasteiger partial charge in [-0.15, -0.1) is 0 Å². The largest absolute Gasteiger partial charge is 0.493 e. The molecule has 0 aliphatic carbocycles. The maximum absolute atomic E-state index is 12.8. The second-order valence-corrected chi connectivity index (χ2v) is 7.42. The van der Waals surface area contributed by atoms with E-state index in [0.717, 1.165) is 0 Å². The Morgan fingerprint density at radius 3 is 2.45 bits per heavy atom. The van der Waals surface area contributed by atoms with E-state index in [4.69, 9.17) is 42.1 Å². The molecule has 0 aliphatic rings. The number of anilines is 1. The highest BCUT2D eigenvalue weighted by Gasteiger charge is 2.18. The third kappa shape index (κ3) is 6.42. The van der Waals surface area contributed by atoms with Gasteiger partial charge < -0.3 is 24.3 Å². The first kappa shape index (κ1) is 23.1. The lowest BCUT2D eigenvalue weighted by Crippen LogP contribution is -2.15. The van der Waals surface area contributed by atoms with Crippen LogP contribution in [-0.2, 0) is 4.74 Å². The van der Waals surface area contributed by atoms with Gasteiger partial charge in [-0.3, -0.25) is 4.79 Å². The molecule has 8 heteroatoms. The van der Waals surface area contributed by atoms with E-state index >= 15 is 0 Å². The Morgan fingerprint density at radius 2 is 1.79 bits per heavy atom. The molecule has 29 heavy (non-hydrogen) atoms. The van der Waals surface area contributed by atoms with Crippen LogP contribution < -0.4 is 19.5 Å². The fourth-order valence-corrected chi connectivity index (χ4v) is 2.91. The number of nitrogens with one attached hydrogen (secondary N) is 1. The van der Waals surface area contributed by atoms with Crippen molar-refractivity contribution in [1.29, 1.82) is 0 Å². The fourth-order valence-electron chi connectivity index (χ4n) is 2.42. The van der Waals surface area contributed by atoms with Gasteiger partial charge in [0.05, 0.1) is 36.1 Å². The van der Waals surface area contributed by atoms with E-state index < -0.39 is 0 Å². The van der Waals surface area contributed by atoms with E-state index in [0.29, 0.717) is 59.3 Å². The second kappa shape index (κ2) is 11.1. The molecule has 1 N–H and O–H groups in total. The van der Waals surface area contributed by atoms with Crippen molar-refractivity contribution in [3.05, 3.63) is 45.9 Å². The molecule has 0 unspecified atom stereocenters. The van der Waals surface area contributed by atoms with Crippen molar-refractivity contribution in [2.75, 3.05) is 39.4 Å². The van der Waals surface area contributed by atoms with Crippen molar-refractivity contribution in [3.63, 3.8) is 0 Å². The summed E-state index contributed by atoms with van der Waals surface area (Å²) in [5.41, 5.74) is 0.750. The summed E-state index contributed by atoms with van der Waals surface area (Å²) >= 11 is 12.6. The van der Waals surface area contributed by atoms with Crippen molar-refractivity contribution < 1.29 is 23.7 Å². The molecule has 0 spiro atoms. The first-order valence-corrected chi connectivity index (χ1v) is 9.84. The van der Waals surface area contributed by atoms with Crippen LogP contribution in [0.3, 0.4) is 0 Å². The van der Waals surface area contributed by atoms with Crippen molar-refractivity contribution in [2.45, 2.75) is 13.8 Å². The SMILES string of the molecule is COCCOc1c(Cl)cccc1NC(=O)c1cc(Cl)c(OCC(C)C)c(OC)c1. The van der Waals surface area contributed by atoms with E-state index in [2.05, 4.69) is 5.32 Å². The molecule has 1 amide bonds. The number of amides is 1. The number of carbonyl (C=O) groups is 1. The minimum atomic E-state index is -0.389. The minimum absolute atomic E-state index is 0.290. The van der Waals surface area contributed by atoms with Gasteiger partial charge in [-0.05, 0) is 30.2 Å². The number of benzene rings is 2. The average Bonchev–Trinajstić information content (AvgIpc) is 2.68. The molecule has 0 bridgehead atoms. The Kier molecular flexibility index (Phi) is 8.89. The van der Waals surface area contributed by atoms with E-state index in [-0.39, 0.29) is 10.9 Å². The highest BCUT2D eigenvalue weighted by atomic mass is 35.5. The Labute approximate surface area is 181 Å². The first-order valence-electron chi connectivity index (χ1n) is 9.09. The number of hydrogen-bond donors (Lipinski definition) is 1. The van der Waals surface area contributed by atoms with Gasteiger partial charge >= 0.3 is 0 Å². The lowest BCUT2D eigenvalue weighted by Gasteiger charge is -2.16. The molecule has 158 valence electrons. The summed E-state index contributed by atoms with van der Waals surface area (Å²) in [5, 5.41) is 3.47. The summed E-state index contributed by atoms with van der Waals surface area (Å²) in [6, 6.07) is 8.21. The number of methoxy groups -OCH3 is 2. The zero-order chi connectivity index (χ0) is 21.4. The minimum Gasteiger partial charge on any atom is -0.493 e. The molecule has 2 rings (SSSR count). The van der Waals surface area contributed by atoms with Crippen molar-refractivity contribution in [1.82, 2.24) is 0 Å². The van der Waals surface area contributed by atoms with Crippen molar-refractivity contribution >= 4 is 34.8 Å². The Balaban J connectivity index is 2.25. The predicted molar refractivity (Wildman–Crippen MR) is 115 cm³/mol. The number of ether oxygens (including phenoxy) is 4. The number of rotatable bonds is 10. The summed E-state index contributed by atoms with van der Waals surface area (Å²) in [6.45, 7) is 5.22. The number of halogens is 2. The molecule has 6 nitrogen and oxygen atoms in total. The van der Waals surface area contributed by atoms with E-state index in [9.17, 15) is 4.79 Å². The van der Waals surface area contributed by atoms with E-state index in [1.807, 2.05) is 13.8 Å². The van der Waals surface area contributed by atoms with Gasteiger partial charge in [0, 0.05) is 12.7 Å². The monoisotopic (exact) mass is 441 g/mol. The topological polar surface area (TPSA) is 66.0 Å². The van der Waals surface area contributed by atoms with E-state index in [1.165, 1.54) is 13.2 Å². The molecular weight excluding hydrogens is 417 g/mol. The smallest absolute Gasteiger partial charge is 0.255 e. The molecule has 0 saturated heterocycles. The van der Waals surface area contributed by atoms with Gasteiger partial charge in [-0.2, -0.15) is 0 Å². The lowest BCUT2D eigenvalue weighted by molar-refractivity contribution is 0.102. The molecule has 0 heterocycles. The maximum Gasteiger partial charge on any atom is 0.255 e. The highest BCUT2D eigenvalue weighted by molar-refractivity contribution is 6.33. The molecule has 0 radical (unpaired) electrons. The van der Waals surface area contributed by atoms with Gasteiger partial charge in [0.1, 0.15) is 6.61 Å². The van der Waals surface area contributed by atoms with Crippen LogP contribution in [0.1, 0.15) is 24.2 Å². The van der Waals surface area contributed by atoms with Crippen LogP contribution in [-0.4, -0.2) is 39.9 Å². The zero-order valence-electron chi connectivity index (χ0n) is 16.9. The van der Waals surface area contributed by atoms with Crippen LogP contribution in [0.15, 0.2) is 30.3 Å². The predicted octanol–water partition coefficient (Wildman–Crippen LogP) is 5.31. The molecule has 0 aromatic heterocycles. The van der Waals surface area contributed by atoms with E-state index in [1.54, 1.807) is 31.4 Å². The molecule has 0 fully saturated rings. The van der Waals surface area contributed by atoms with Gasteiger partial charge in [0.2, 0.25) is 0 Å². The summed E-state index contributed by atoms with van der Waals surface area (Å²) in [6.07, 6.45) is 0. The average molecular weight is 442 g/mol. The fraction of sp³-hybridized carbons (Fsp3) is 0.381. The maximum atomic E-state index is 12.8. The number of carbonyl (C=O) groups excluding carboxylic acids is 1. The summed E-state index contributed by atoms with van der Waals surface area (Å²) in [4.78, 5) is 12.8. The van der Waals surface area contributed by atoms with Gasteiger partial charge in [0.25, 0.3) is 5.91 Å². The van der Waals surface area contributed by atoms with Crippen molar-refractivity contribution in [2.24, 2.45) is 5.92 Å². The molecular formula is C21H25Cl2NO5. The van der Waals surface area contributed by atoms with Crippen LogP contribution in [0.4, 0.5) is 5.69 Å². The highest BCUT2D eigenvalue weighted by Crippen LogP contribution is 2.38. The number of para-hydroxylation sites is 1. The van der Waals surface area contributed by atoms with Gasteiger partial charge in [0.15, 0.2) is 17.2 Å². The third-order valence-corrected chi connectivity index (χ3v) is 4.38. The summed E-state index contributed by atoms with van der Waals surface area (Å²) in [5.74, 6) is 1.09. The third-order valence-electron chi connectivity index (χ3n) is 3.80. The summed E-state index contributed by atoms with van der Waals surface area (Å²) < 4.78 is 21.7. The molecule has 2 aromatic carbocycles. The quantitative estimate of drug-likeness (QED) is 0.505. The Morgan fingerprint density at radius 1 is 1.03 bits per heavy atom. The Hall–Kier alpha value is -2.15. The van der Waals surface area contributed by atoms with Crippen LogP contribution in [0, 0.1) is 5.92 Å². The van der Waals surface area contributed by atoms with Gasteiger partial charge in [-0.1, -0.05) is 43.1 Å². The number of hydrogen-bond acceptors (Lipinski definition) is 5. The zero-order valence-corrected chi connectivity index (χ0v) is 18.4. The molecule has 0 aliphatic heterocycles.